The zero-order valence-corrected chi connectivity index (χ0v) is 11.3. The lowest BCUT2D eigenvalue weighted by Gasteiger charge is -2.37. The molecular formula is C13H28N2O. The lowest BCUT2D eigenvalue weighted by atomic mass is 9.94. The fourth-order valence-corrected chi connectivity index (χ4v) is 2.95. The van der Waals surface area contributed by atoms with Crippen molar-refractivity contribution >= 4 is 0 Å². The summed E-state index contributed by atoms with van der Waals surface area (Å²) in [6.07, 6.45) is 4.00. The second kappa shape index (κ2) is 6.58. The molecule has 0 radical (unpaired) electrons. The third-order valence-electron chi connectivity index (χ3n) is 4.02. The molecule has 1 rings (SSSR count). The second-order valence-electron chi connectivity index (χ2n) is 5.17. The van der Waals surface area contributed by atoms with E-state index < -0.39 is 0 Å². The van der Waals surface area contributed by atoms with Gasteiger partial charge in [0.1, 0.15) is 0 Å². The van der Waals surface area contributed by atoms with Crippen molar-refractivity contribution < 1.29 is 4.74 Å². The summed E-state index contributed by atoms with van der Waals surface area (Å²) in [6, 6.07) is 1.04. The molecule has 4 atom stereocenters. The predicted molar refractivity (Wildman–Crippen MR) is 68.5 cm³/mol. The molecule has 3 nitrogen and oxygen atoms in total. The number of ether oxygens (including phenoxy) is 1. The first kappa shape index (κ1) is 13.9. The van der Waals surface area contributed by atoms with Gasteiger partial charge in [-0.2, -0.15) is 0 Å². The van der Waals surface area contributed by atoms with E-state index in [1.165, 1.54) is 12.8 Å². The van der Waals surface area contributed by atoms with Crippen molar-refractivity contribution in [3.63, 3.8) is 0 Å². The van der Waals surface area contributed by atoms with Crippen LogP contribution in [0.1, 0.15) is 40.0 Å². The van der Waals surface area contributed by atoms with Crippen molar-refractivity contribution in [2.45, 2.75) is 58.2 Å². The molecule has 1 aliphatic rings. The van der Waals surface area contributed by atoms with Crippen molar-refractivity contribution in [2.75, 3.05) is 20.2 Å². The van der Waals surface area contributed by atoms with E-state index in [0.717, 1.165) is 19.6 Å². The highest BCUT2D eigenvalue weighted by molar-refractivity contribution is 4.86. The zero-order valence-electron chi connectivity index (χ0n) is 11.3. The lowest BCUT2D eigenvalue weighted by Crippen LogP contribution is -2.49. The highest BCUT2D eigenvalue weighted by Crippen LogP contribution is 2.24. The summed E-state index contributed by atoms with van der Waals surface area (Å²) in [5.41, 5.74) is 5.94. The van der Waals surface area contributed by atoms with Crippen molar-refractivity contribution in [2.24, 2.45) is 11.7 Å². The Morgan fingerprint density at radius 2 is 2.19 bits per heavy atom. The van der Waals surface area contributed by atoms with Crippen LogP contribution in [0.5, 0.6) is 0 Å². The molecule has 16 heavy (non-hydrogen) atoms. The van der Waals surface area contributed by atoms with E-state index in [1.807, 2.05) is 0 Å². The molecule has 2 N–H and O–H groups in total. The van der Waals surface area contributed by atoms with Crippen molar-refractivity contribution in [1.29, 1.82) is 0 Å². The molecule has 0 amide bonds. The Labute approximate surface area is 100 Å². The monoisotopic (exact) mass is 228 g/mol. The van der Waals surface area contributed by atoms with Gasteiger partial charge in [-0.05, 0) is 32.7 Å². The van der Waals surface area contributed by atoms with Crippen LogP contribution < -0.4 is 5.73 Å². The summed E-state index contributed by atoms with van der Waals surface area (Å²) in [5.74, 6) is 0.674. The Hall–Kier alpha value is -0.120. The molecule has 0 aromatic heterocycles. The third kappa shape index (κ3) is 3.19. The first-order valence-electron chi connectivity index (χ1n) is 6.65. The molecule has 96 valence electrons. The zero-order chi connectivity index (χ0) is 12.1. The summed E-state index contributed by atoms with van der Waals surface area (Å²) >= 11 is 0. The highest BCUT2D eigenvalue weighted by atomic mass is 16.5. The molecule has 1 aliphatic heterocycles. The van der Waals surface area contributed by atoms with Gasteiger partial charge in [-0.1, -0.05) is 20.3 Å². The Morgan fingerprint density at radius 1 is 1.50 bits per heavy atom. The molecule has 1 saturated heterocycles. The van der Waals surface area contributed by atoms with Crippen LogP contribution in [0.25, 0.3) is 0 Å². The summed E-state index contributed by atoms with van der Waals surface area (Å²) in [6.45, 7) is 8.38. The van der Waals surface area contributed by atoms with Crippen LogP contribution in [0, 0.1) is 5.92 Å². The SMILES string of the molecule is CCCC(C)C(CN)N(C)C1CCOC1C. The molecule has 1 fully saturated rings. The van der Waals surface area contributed by atoms with Crippen molar-refractivity contribution in [3.05, 3.63) is 0 Å². The van der Waals surface area contributed by atoms with Crippen LogP contribution >= 0.6 is 0 Å². The quantitative estimate of drug-likeness (QED) is 0.754. The van der Waals surface area contributed by atoms with Crippen molar-refractivity contribution in [1.82, 2.24) is 4.90 Å². The molecule has 1 heterocycles. The topological polar surface area (TPSA) is 38.5 Å². The van der Waals surface area contributed by atoms with Crippen LogP contribution in [0.4, 0.5) is 0 Å². The smallest absolute Gasteiger partial charge is 0.0703 e. The van der Waals surface area contributed by atoms with Gasteiger partial charge in [-0.3, -0.25) is 4.90 Å². The van der Waals surface area contributed by atoms with Gasteiger partial charge >= 0.3 is 0 Å². The van der Waals surface area contributed by atoms with E-state index in [0.29, 0.717) is 24.1 Å². The summed E-state index contributed by atoms with van der Waals surface area (Å²) in [4.78, 5) is 2.46. The van der Waals surface area contributed by atoms with E-state index in [-0.39, 0.29) is 0 Å². The maximum atomic E-state index is 5.94. The number of nitrogens with two attached hydrogens (primary N) is 1. The van der Waals surface area contributed by atoms with Crippen LogP contribution in [0.15, 0.2) is 0 Å². The van der Waals surface area contributed by atoms with Gasteiger partial charge < -0.3 is 10.5 Å². The summed E-state index contributed by atoms with van der Waals surface area (Å²) in [5, 5.41) is 0. The molecule has 0 aromatic rings. The standard InChI is InChI=1S/C13H28N2O/c1-5-6-10(2)13(9-14)15(4)12-7-8-16-11(12)3/h10-13H,5-9,14H2,1-4H3. The van der Waals surface area contributed by atoms with Crippen molar-refractivity contribution in [3.8, 4) is 0 Å². The highest BCUT2D eigenvalue weighted by Gasteiger charge is 2.32. The molecule has 0 aliphatic carbocycles. The fourth-order valence-electron chi connectivity index (χ4n) is 2.95. The minimum atomic E-state index is 0.355. The van der Waals surface area contributed by atoms with E-state index in [9.17, 15) is 0 Å². The van der Waals surface area contributed by atoms with Gasteiger partial charge in [0.2, 0.25) is 0 Å². The van der Waals surface area contributed by atoms with Gasteiger partial charge in [-0.25, -0.2) is 0 Å². The molecule has 3 heteroatoms. The molecule has 4 unspecified atom stereocenters. The molecule has 0 bridgehead atoms. The number of nitrogens with zero attached hydrogens (tertiary/aromatic N) is 1. The predicted octanol–water partition coefficient (Wildman–Crippen LogP) is 1.86. The Morgan fingerprint density at radius 3 is 2.62 bits per heavy atom. The Bertz CT molecular complexity index is 198. The van der Waals surface area contributed by atoms with E-state index in [1.54, 1.807) is 0 Å². The number of likely N-dealkylation sites (N-methyl/N-ethyl adjacent to an activating group) is 1. The fraction of sp³-hybridized carbons (Fsp3) is 1.00. The summed E-state index contributed by atoms with van der Waals surface area (Å²) in [7, 11) is 2.21. The number of rotatable bonds is 6. The van der Waals surface area contributed by atoms with Gasteiger partial charge in [0.15, 0.2) is 0 Å². The third-order valence-corrected chi connectivity index (χ3v) is 4.02. The molecule has 0 aromatic carbocycles. The minimum absolute atomic E-state index is 0.355. The first-order chi connectivity index (χ1) is 7.61. The van der Waals surface area contributed by atoms with Crippen LogP contribution in [0.3, 0.4) is 0 Å². The minimum Gasteiger partial charge on any atom is -0.377 e. The molecular weight excluding hydrogens is 200 g/mol. The van der Waals surface area contributed by atoms with E-state index >= 15 is 0 Å². The van der Waals surface area contributed by atoms with Crippen LogP contribution in [0.2, 0.25) is 0 Å². The van der Waals surface area contributed by atoms with Gasteiger partial charge in [0, 0.05) is 25.2 Å². The Balaban J connectivity index is 2.57. The second-order valence-corrected chi connectivity index (χ2v) is 5.17. The number of hydrogen-bond donors (Lipinski definition) is 1. The van der Waals surface area contributed by atoms with Gasteiger partial charge in [0.05, 0.1) is 6.10 Å². The normalized spacial score (nSPS) is 29.6. The maximum Gasteiger partial charge on any atom is 0.0703 e. The average molecular weight is 228 g/mol. The van der Waals surface area contributed by atoms with E-state index in [4.69, 9.17) is 10.5 Å². The molecule has 0 spiro atoms. The van der Waals surface area contributed by atoms with Gasteiger partial charge in [0.25, 0.3) is 0 Å². The van der Waals surface area contributed by atoms with Gasteiger partial charge in [-0.15, -0.1) is 0 Å². The summed E-state index contributed by atoms with van der Waals surface area (Å²) < 4.78 is 5.64. The maximum absolute atomic E-state index is 5.94. The van der Waals surface area contributed by atoms with Crippen LogP contribution in [-0.4, -0.2) is 43.3 Å². The molecule has 0 saturated carbocycles. The van der Waals surface area contributed by atoms with Crippen LogP contribution in [-0.2, 0) is 4.74 Å². The largest absolute Gasteiger partial charge is 0.377 e. The van der Waals surface area contributed by atoms with E-state index in [2.05, 4.69) is 32.7 Å². The first-order valence-corrected chi connectivity index (χ1v) is 6.65. The Kier molecular flexibility index (Phi) is 5.73. The lowest BCUT2D eigenvalue weighted by molar-refractivity contribution is 0.0556. The number of hydrogen-bond acceptors (Lipinski definition) is 3. The average Bonchev–Trinajstić information content (AvgIpc) is 2.65.